The third-order valence-corrected chi connectivity index (χ3v) is 6.13. The molecule has 0 aliphatic rings. The predicted octanol–water partition coefficient (Wildman–Crippen LogP) is 2.43. The number of methoxy groups -OCH3 is 1. The Morgan fingerprint density at radius 3 is 2.23 bits per heavy atom. The van der Waals surface area contributed by atoms with E-state index in [2.05, 4.69) is 0 Å². The fraction of sp³-hybridized carbons (Fsp3) is 0.533. The van der Waals surface area contributed by atoms with Gasteiger partial charge in [-0.1, -0.05) is 0 Å². The summed E-state index contributed by atoms with van der Waals surface area (Å²) in [6.07, 6.45) is 0.725. The quantitative estimate of drug-likeness (QED) is 0.394. The highest BCUT2D eigenvalue weighted by Crippen LogP contribution is 2.19. The summed E-state index contributed by atoms with van der Waals surface area (Å²) in [5.74, 6) is 0.262. The Hall–Kier alpha value is -1.41. The molecule has 0 amide bonds. The second-order valence-electron chi connectivity index (χ2n) is 4.77. The molecule has 0 spiro atoms. The van der Waals surface area contributed by atoms with Gasteiger partial charge in [-0.15, -0.1) is 0 Å². The van der Waals surface area contributed by atoms with Crippen LogP contribution in [-0.4, -0.2) is 49.8 Å². The summed E-state index contributed by atoms with van der Waals surface area (Å²) in [5.41, 5.74) is 1.42. The Labute approximate surface area is 132 Å². The number of carbonyl (C=O) groups excluding carboxylic acids is 1. The van der Waals surface area contributed by atoms with Crippen LogP contribution in [0.3, 0.4) is 0 Å². The molecule has 6 nitrogen and oxygen atoms in total. The molecule has 22 heavy (non-hydrogen) atoms. The Morgan fingerprint density at radius 2 is 1.68 bits per heavy atom. The lowest BCUT2D eigenvalue weighted by Crippen LogP contribution is -2.42. The number of aryl methyl sites for hydroxylation is 1. The molecule has 0 aromatic heterocycles. The van der Waals surface area contributed by atoms with Gasteiger partial charge < -0.3 is 22.8 Å². The van der Waals surface area contributed by atoms with Crippen LogP contribution < -0.4 is 4.74 Å². The maximum atomic E-state index is 11.6. The van der Waals surface area contributed by atoms with Gasteiger partial charge in [-0.2, -0.15) is 0 Å². The van der Waals surface area contributed by atoms with Crippen molar-refractivity contribution in [1.82, 2.24) is 0 Å². The van der Waals surface area contributed by atoms with E-state index in [0.29, 0.717) is 24.0 Å². The van der Waals surface area contributed by atoms with Gasteiger partial charge in [0.2, 0.25) is 0 Å². The van der Waals surface area contributed by atoms with Crippen LogP contribution in [0.25, 0.3) is 0 Å². The highest BCUT2D eigenvalue weighted by atomic mass is 28.4. The summed E-state index contributed by atoms with van der Waals surface area (Å²) in [6.45, 7) is 2.38. The molecule has 0 bridgehead atoms. The van der Waals surface area contributed by atoms with Crippen molar-refractivity contribution < 1.29 is 27.5 Å². The smallest absolute Gasteiger partial charge is 0.494 e. The van der Waals surface area contributed by atoms with Crippen molar-refractivity contribution in [2.24, 2.45) is 0 Å². The molecule has 1 aromatic carbocycles. The van der Waals surface area contributed by atoms with Crippen molar-refractivity contribution in [1.29, 1.82) is 0 Å². The Bertz CT molecular complexity index is 479. The molecule has 0 saturated heterocycles. The van der Waals surface area contributed by atoms with Crippen LogP contribution in [0.2, 0.25) is 6.04 Å². The van der Waals surface area contributed by atoms with E-state index in [-0.39, 0.29) is 5.97 Å². The van der Waals surface area contributed by atoms with Crippen LogP contribution in [-0.2, 0) is 18.0 Å². The molecule has 0 fully saturated rings. The largest absolute Gasteiger partial charge is 0.500 e. The molecule has 0 heterocycles. The van der Waals surface area contributed by atoms with Crippen LogP contribution in [0, 0.1) is 6.92 Å². The average molecular weight is 328 g/mol. The van der Waals surface area contributed by atoms with Crippen LogP contribution in [0.15, 0.2) is 18.2 Å². The first kappa shape index (κ1) is 18.6. The first-order valence-corrected chi connectivity index (χ1v) is 8.91. The number of esters is 1. The number of carbonyl (C=O) groups is 1. The minimum absolute atomic E-state index is 0.377. The second-order valence-corrected chi connectivity index (χ2v) is 7.86. The van der Waals surface area contributed by atoms with E-state index < -0.39 is 8.80 Å². The molecule has 1 aromatic rings. The van der Waals surface area contributed by atoms with Crippen molar-refractivity contribution in [3.05, 3.63) is 29.3 Å². The molecule has 0 unspecified atom stereocenters. The minimum Gasteiger partial charge on any atom is -0.494 e. The Kier molecular flexibility index (Phi) is 7.53. The fourth-order valence-electron chi connectivity index (χ4n) is 2.10. The minimum atomic E-state index is -2.56. The summed E-state index contributed by atoms with van der Waals surface area (Å²) in [5, 5.41) is 0. The van der Waals surface area contributed by atoms with Gasteiger partial charge in [0, 0.05) is 27.4 Å². The molecule has 124 valence electrons. The highest BCUT2D eigenvalue weighted by Gasteiger charge is 2.36. The molecular formula is C15H24O6Si. The summed E-state index contributed by atoms with van der Waals surface area (Å²) in [4.78, 5) is 11.6. The van der Waals surface area contributed by atoms with Gasteiger partial charge in [0.25, 0.3) is 0 Å². The van der Waals surface area contributed by atoms with Gasteiger partial charge in [-0.25, -0.2) is 4.79 Å². The van der Waals surface area contributed by atoms with Crippen LogP contribution in [0.5, 0.6) is 5.75 Å². The topological polar surface area (TPSA) is 63.2 Å². The Balaban J connectivity index is 2.58. The lowest BCUT2D eigenvalue weighted by molar-refractivity contribution is 0.0600. The number of ether oxygens (including phenoxy) is 2. The summed E-state index contributed by atoms with van der Waals surface area (Å²) < 4.78 is 26.5. The van der Waals surface area contributed by atoms with Crippen LogP contribution in [0.1, 0.15) is 22.3 Å². The van der Waals surface area contributed by atoms with E-state index in [9.17, 15) is 4.79 Å². The molecule has 0 atom stereocenters. The third kappa shape index (κ3) is 5.10. The van der Waals surface area contributed by atoms with E-state index in [1.807, 2.05) is 13.0 Å². The first-order valence-electron chi connectivity index (χ1n) is 6.98. The molecule has 0 N–H and O–H groups in total. The summed E-state index contributed by atoms with van der Waals surface area (Å²) in [6, 6.07) is 5.97. The van der Waals surface area contributed by atoms with E-state index >= 15 is 0 Å². The predicted molar refractivity (Wildman–Crippen MR) is 84.2 cm³/mol. The zero-order valence-electron chi connectivity index (χ0n) is 13.8. The van der Waals surface area contributed by atoms with Crippen molar-refractivity contribution in [2.45, 2.75) is 19.4 Å². The maximum absolute atomic E-state index is 11.6. The second kappa shape index (κ2) is 8.89. The van der Waals surface area contributed by atoms with Gasteiger partial charge in [-0.05, 0) is 37.1 Å². The van der Waals surface area contributed by atoms with E-state index in [0.717, 1.165) is 12.0 Å². The summed E-state index contributed by atoms with van der Waals surface area (Å²) >= 11 is 0. The number of hydrogen-bond donors (Lipinski definition) is 0. The molecule has 0 saturated carbocycles. The lowest BCUT2D eigenvalue weighted by Gasteiger charge is -2.24. The van der Waals surface area contributed by atoms with E-state index in [4.69, 9.17) is 22.8 Å². The lowest BCUT2D eigenvalue weighted by atomic mass is 10.1. The zero-order chi connectivity index (χ0) is 16.6. The van der Waals surface area contributed by atoms with Crippen LogP contribution in [0.4, 0.5) is 0 Å². The zero-order valence-corrected chi connectivity index (χ0v) is 14.8. The van der Waals surface area contributed by atoms with Gasteiger partial charge in [0.05, 0.1) is 19.3 Å². The highest BCUT2D eigenvalue weighted by molar-refractivity contribution is 6.60. The number of rotatable bonds is 9. The fourth-order valence-corrected chi connectivity index (χ4v) is 3.79. The van der Waals surface area contributed by atoms with Crippen molar-refractivity contribution >= 4 is 14.8 Å². The molecule has 7 heteroatoms. The normalized spacial score (nSPS) is 11.3. The van der Waals surface area contributed by atoms with Crippen molar-refractivity contribution in [3.63, 3.8) is 0 Å². The third-order valence-electron chi connectivity index (χ3n) is 3.30. The molecule has 0 aliphatic carbocycles. The first-order chi connectivity index (χ1) is 10.5. The van der Waals surface area contributed by atoms with E-state index in [1.165, 1.54) is 7.11 Å². The summed E-state index contributed by atoms with van der Waals surface area (Å²) in [7, 11) is 3.56. The van der Waals surface area contributed by atoms with Gasteiger partial charge >= 0.3 is 14.8 Å². The SMILES string of the molecule is COC(=O)c1cc(C)cc(OCCC[Si](OC)(OC)OC)c1. The standard InChI is InChI=1S/C15H24O6Si/c1-12-9-13(15(16)17-2)11-14(10-12)21-7-6-8-22(18-3,19-4)20-5/h9-11H,6-8H2,1-5H3. The molecular weight excluding hydrogens is 304 g/mol. The average Bonchev–Trinajstić information content (AvgIpc) is 2.54. The van der Waals surface area contributed by atoms with Crippen molar-refractivity contribution in [2.75, 3.05) is 35.0 Å². The number of hydrogen-bond acceptors (Lipinski definition) is 6. The van der Waals surface area contributed by atoms with Crippen LogP contribution >= 0.6 is 0 Å². The molecule has 1 rings (SSSR count). The van der Waals surface area contributed by atoms with E-state index in [1.54, 1.807) is 33.5 Å². The van der Waals surface area contributed by atoms with Gasteiger partial charge in [0.1, 0.15) is 5.75 Å². The Morgan fingerprint density at radius 1 is 1.05 bits per heavy atom. The maximum Gasteiger partial charge on any atom is 0.500 e. The number of benzene rings is 1. The molecule has 0 radical (unpaired) electrons. The van der Waals surface area contributed by atoms with Crippen molar-refractivity contribution in [3.8, 4) is 5.75 Å². The molecule has 0 aliphatic heterocycles. The monoisotopic (exact) mass is 328 g/mol. The van der Waals surface area contributed by atoms with Gasteiger partial charge in [-0.3, -0.25) is 0 Å². The van der Waals surface area contributed by atoms with Gasteiger partial charge in [0.15, 0.2) is 0 Å².